The second kappa shape index (κ2) is 9.15. The zero-order chi connectivity index (χ0) is 22.9. The lowest BCUT2D eigenvalue weighted by molar-refractivity contribution is -0.116. The average molecular weight is 476 g/mol. The summed E-state index contributed by atoms with van der Waals surface area (Å²) in [4.78, 5) is 35.2. The molecule has 1 aliphatic carbocycles. The summed E-state index contributed by atoms with van der Waals surface area (Å²) in [5.41, 5.74) is 1.77. The van der Waals surface area contributed by atoms with E-state index < -0.39 is 0 Å². The Kier molecular flexibility index (Phi) is 6.08. The van der Waals surface area contributed by atoms with Crippen molar-refractivity contribution in [2.75, 3.05) is 5.32 Å². The first-order valence-electron chi connectivity index (χ1n) is 11.1. The van der Waals surface area contributed by atoms with Crippen molar-refractivity contribution in [3.05, 3.63) is 81.2 Å². The second-order valence-corrected chi connectivity index (χ2v) is 10.7. The number of hydrogen-bond donors (Lipinski definition) is 1. The number of nitrogens with zero attached hydrogens (tertiary/aromatic N) is 2. The number of aromatic nitrogens is 2. The van der Waals surface area contributed by atoms with Gasteiger partial charge in [-0.1, -0.05) is 49.0 Å². The van der Waals surface area contributed by atoms with Crippen molar-refractivity contribution in [2.45, 2.75) is 49.4 Å². The standard InChI is InChI=1S/C26H25N3O2S2/c1-16-12-13-19-22(14-16)33-25-24(19)26(31)29(17(2)27-25)15-23(30)28-20-10-6-7-11-21(20)32-18-8-4-3-5-9-18/h3-11,16H,12-15H2,1-2H3,(H,28,30). The van der Waals surface area contributed by atoms with Crippen LogP contribution in [0.5, 0.6) is 0 Å². The summed E-state index contributed by atoms with van der Waals surface area (Å²) >= 11 is 3.23. The van der Waals surface area contributed by atoms with Gasteiger partial charge in [-0.05, 0) is 61.9 Å². The fourth-order valence-electron chi connectivity index (χ4n) is 4.32. The van der Waals surface area contributed by atoms with Crippen LogP contribution in [-0.2, 0) is 24.2 Å². The molecular formula is C26H25N3O2S2. The van der Waals surface area contributed by atoms with Crippen LogP contribution in [0.4, 0.5) is 5.69 Å². The molecule has 0 saturated heterocycles. The molecule has 0 aliphatic heterocycles. The Hall–Kier alpha value is -2.90. The Balaban J connectivity index is 1.41. The number of anilines is 1. The molecule has 1 amide bonds. The van der Waals surface area contributed by atoms with Crippen LogP contribution in [0.1, 0.15) is 29.6 Å². The van der Waals surface area contributed by atoms with E-state index in [0.29, 0.717) is 17.1 Å². The van der Waals surface area contributed by atoms with Crippen molar-refractivity contribution in [1.29, 1.82) is 0 Å². The molecule has 0 saturated carbocycles. The summed E-state index contributed by atoms with van der Waals surface area (Å²) in [6, 6.07) is 17.8. The summed E-state index contributed by atoms with van der Waals surface area (Å²) in [5.74, 6) is 0.968. The lowest BCUT2D eigenvalue weighted by Crippen LogP contribution is -2.30. The maximum Gasteiger partial charge on any atom is 0.263 e. The molecule has 1 aliphatic rings. The molecule has 5 nitrogen and oxygen atoms in total. The zero-order valence-corrected chi connectivity index (χ0v) is 20.3. The van der Waals surface area contributed by atoms with Crippen molar-refractivity contribution in [2.24, 2.45) is 5.92 Å². The fraction of sp³-hybridized carbons (Fsp3) is 0.269. The van der Waals surface area contributed by atoms with E-state index in [0.717, 1.165) is 45.1 Å². The van der Waals surface area contributed by atoms with Crippen LogP contribution in [-0.4, -0.2) is 15.5 Å². The Morgan fingerprint density at radius 2 is 1.94 bits per heavy atom. The number of hydrogen-bond acceptors (Lipinski definition) is 5. The van der Waals surface area contributed by atoms with Gasteiger partial charge in [-0.3, -0.25) is 14.2 Å². The lowest BCUT2D eigenvalue weighted by Gasteiger charge is -2.17. The van der Waals surface area contributed by atoms with Crippen LogP contribution in [0, 0.1) is 12.8 Å². The van der Waals surface area contributed by atoms with Gasteiger partial charge in [0.15, 0.2) is 0 Å². The average Bonchev–Trinajstić information content (AvgIpc) is 3.15. The minimum Gasteiger partial charge on any atom is -0.323 e. The van der Waals surface area contributed by atoms with Crippen LogP contribution in [0.2, 0.25) is 0 Å². The minimum atomic E-state index is -0.236. The van der Waals surface area contributed by atoms with E-state index in [1.54, 1.807) is 30.0 Å². The normalized spacial score (nSPS) is 15.4. The Bertz CT molecular complexity index is 1390. The van der Waals surface area contributed by atoms with Crippen LogP contribution in [0.3, 0.4) is 0 Å². The molecular weight excluding hydrogens is 450 g/mol. The molecule has 33 heavy (non-hydrogen) atoms. The van der Waals surface area contributed by atoms with Gasteiger partial charge in [-0.15, -0.1) is 11.3 Å². The number of fused-ring (bicyclic) bond motifs is 3. The third-order valence-corrected chi connectivity index (χ3v) is 8.27. The van der Waals surface area contributed by atoms with Crippen LogP contribution < -0.4 is 10.9 Å². The van der Waals surface area contributed by atoms with Gasteiger partial charge in [-0.2, -0.15) is 0 Å². The molecule has 0 fully saturated rings. The molecule has 1 atom stereocenters. The fourth-order valence-corrected chi connectivity index (χ4v) is 6.66. The predicted octanol–water partition coefficient (Wildman–Crippen LogP) is 5.68. The van der Waals surface area contributed by atoms with E-state index in [-0.39, 0.29) is 18.0 Å². The number of rotatable bonds is 5. The highest BCUT2D eigenvalue weighted by molar-refractivity contribution is 7.99. The Morgan fingerprint density at radius 1 is 1.18 bits per heavy atom. The monoisotopic (exact) mass is 475 g/mol. The maximum atomic E-state index is 13.4. The number of amides is 1. The summed E-state index contributed by atoms with van der Waals surface area (Å²) in [7, 11) is 0. The molecule has 2 aromatic carbocycles. The van der Waals surface area contributed by atoms with E-state index in [4.69, 9.17) is 4.98 Å². The maximum absolute atomic E-state index is 13.4. The molecule has 2 heterocycles. The molecule has 7 heteroatoms. The highest BCUT2D eigenvalue weighted by atomic mass is 32.2. The van der Waals surface area contributed by atoms with Crippen LogP contribution in [0.15, 0.2) is 69.2 Å². The Morgan fingerprint density at radius 3 is 2.76 bits per heavy atom. The molecule has 0 bridgehead atoms. The van der Waals surface area contributed by atoms with E-state index >= 15 is 0 Å². The van der Waals surface area contributed by atoms with Crippen molar-refractivity contribution in [1.82, 2.24) is 9.55 Å². The topological polar surface area (TPSA) is 64.0 Å². The zero-order valence-electron chi connectivity index (χ0n) is 18.6. The highest BCUT2D eigenvalue weighted by Crippen LogP contribution is 2.36. The second-order valence-electron chi connectivity index (χ2n) is 8.54. The van der Waals surface area contributed by atoms with E-state index in [1.807, 2.05) is 54.6 Å². The third kappa shape index (κ3) is 4.48. The molecule has 168 valence electrons. The largest absolute Gasteiger partial charge is 0.323 e. The number of nitrogens with one attached hydrogen (secondary N) is 1. The first-order chi connectivity index (χ1) is 16.0. The number of thiophene rings is 1. The smallest absolute Gasteiger partial charge is 0.263 e. The van der Waals surface area contributed by atoms with E-state index in [1.165, 1.54) is 9.44 Å². The predicted molar refractivity (Wildman–Crippen MR) is 135 cm³/mol. The van der Waals surface area contributed by atoms with Gasteiger partial charge in [-0.25, -0.2) is 4.98 Å². The van der Waals surface area contributed by atoms with Crippen molar-refractivity contribution < 1.29 is 4.79 Å². The van der Waals surface area contributed by atoms with Gasteiger partial charge in [0.2, 0.25) is 5.91 Å². The molecule has 5 rings (SSSR count). The first kappa shape index (κ1) is 21.9. The molecule has 0 radical (unpaired) electrons. The molecule has 1 N–H and O–H groups in total. The number of aryl methyl sites for hydroxylation is 2. The molecule has 2 aromatic heterocycles. The third-order valence-electron chi connectivity index (χ3n) is 6.04. The van der Waals surface area contributed by atoms with Crippen LogP contribution in [0.25, 0.3) is 10.2 Å². The van der Waals surface area contributed by atoms with Gasteiger partial charge in [0, 0.05) is 14.7 Å². The molecule has 0 spiro atoms. The lowest BCUT2D eigenvalue weighted by atomic mass is 9.89. The van der Waals surface area contributed by atoms with Crippen molar-refractivity contribution >= 4 is 44.9 Å². The molecule has 4 aromatic rings. The Labute approximate surface area is 200 Å². The minimum absolute atomic E-state index is 0.0566. The van der Waals surface area contributed by atoms with Crippen molar-refractivity contribution in [3.63, 3.8) is 0 Å². The van der Waals surface area contributed by atoms with Crippen LogP contribution >= 0.6 is 23.1 Å². The van der Waals surface area contributed by atoms with Gasteiger partial charge in [0.25, 0.3) is 5.56 Å². The first-order valence-corrected chi connectivity index (χ1v) is 12.8. The van der Waals surface area contributed by atoms with Gasteiger partial charge < -0.3 is 5.32 Å². The number of carbonyl (C=O) groups is 1. The summed E-state index contributed by atoms with van der Waals surface area (Å²) in [6.45, 7) is 4.00. The van der Waals surface area contributed by atoms with Gasteiger partial charge >= 0.3 is 0 Å². The number of carbonyl (C=O) groups excluding carboxylic acids is 1. The summed E-state index contributed by atoms with van der Waals surface area (Å²) < 4.78 is 1.51. The highest BCUT2D eigenvalue weighted by Gasteiger charge is 2.24. The molecule has 1 unspecified atom stereocenters. The quantitative estimate of drug-likeness (QED) is 0.403. The van der Waals surface area contributed by atoms with E-state index in [2.05, 4.69) is 12.2 Å². The summed E-state index contributed by atoms with van der Waals surface area (Å²) in [6.07, 6.45) is 3.00. The summed E-state index contributed by atoms with van der Waals surface area (Å²) in [5, 5.41) is 3.71. The SMILES string of the molecule is Cc1nc2sc3c(c2c(=O)n1CC(=O)Nc1ccccc1Sc1ccccc1)CCC(C)C3. The van der Waals surface area contributed by atoms with Gasteiger partial charge in [0.1, 0.15) is 17.2 Å². The van der Waals surface area contributed by atoms with Crippen molar-refractivity contribution in [3.8, 4) is 0 Å². The number of para-hydroxylation sites is 1. The van der Waals surface area contributed by atoms with Gasteiger partial charge in [0.05, 0.1) is 11.1 Å². The number of benzene rings is 2. The van der Waals surface area contributed by atoms with E-state index in [9.17, 15) is 9.59 Å².